The lowest BCUT2D eigenvalue weighted by molar-refractivity contribution is -0.144. The van der Waals surface area contributed by atoms with Crippen molar-refractivity contribution in [1.29, 1.82) is 0 Å². The molecule has 13 heavy (non-hydrogen) atoms. The zero-order valence-electron chi connectivity index (χ0n) is 7.69. The van der Waals surface area contributed by atoms with Crippen LogP contribution >= 0.6 is 21.6 Å². The molecule has 0 aliphatic carbocycles. The molecular weight excluding hydrogens is 208 g/mol. The van der Waals surface area contributed by atoms with E-state index in [4.69, 9.17) is 16.2 Å². The summed E-state index contributed by atoms with van der Waals surface area (Å²) in [6, 6.07) is -0.518. The Labute approximate surface area is 86.5 Å². The van der Waals surface area contributed by atoms with Gasteiger partial charge in [0.1, 0.15) is 6.04 Å². The molecule has 0 aliphatic heterocycles. The minimum Gasteiger partial charge on any atom is -0.465 e. The normalized spacial score (nSPS) is 12.5. The predicted octanol–water partition coefficient (Wildman–Crippen LogP) is 0.217. The maximum atomic E-state index is 11.0. The number of hydrogen-bond donors (Lipinski definition) is 2. The van der Waals surface area contributed by atoms with Crippen LogP contribution in [0.5, 0.6) is 0 Å². The van der Waals surface area contributed by atoms with Crippen molar-refractivity contribution >= 4 is 27.6 Å². The van der Waals surface area contributed by atoms with Gasteiger partial charge in [-0.15, -0.1) is 0 Å². The van der Waals surface area contributed by atoms with Crippen LogP contribution in [-0.2, 0) is 9.53 Å². The Morgan fingerprint density at radius 2 is 2.23 bits per heavy atom. The average molecular weight is 224 g/mol. The van der Waals surface area contributed by atoms with E-state index in [2.05, 4.69) is 0 Å². The fourth-order valence-electron chi connectivity index (χ4n) is 0.546. The molecular formula is C7H16N2O2S2. The van der Waals surface area contributed by atoms with Gasteiger partial charge in [0.15, 0.2) is 0 Å². The van der Waals surface area contributed by atoms with Crippen molar-refractivity contribution in [3.63, 3.8) is 0 Å². The van der Waals surface area contributed by atoms with Gasteiger partial charge in [0, 0.05) is 18.1 Å². The van der Waals surface area contributed by atoms with E-state index in [-0.39, 0.29) is 5.97 Å². The fraction of sp³-hybridized carbons (Fsp3) is 0.857. The molecule has 1 unspecified atom stereocenters. The summed E-state index contributed by atoms with van der Waals surface area (Å²) in [4.78, 5) is 11.0. The molecule has 0 saturated heterocycles. The monoisotopic (exact) mass is 224 g/mol. The Balaban J connectivity index is 3.38. The molecule has 0 fully saturated rings. The molecule has 4 nitrogen and oxygen atoms in total. The number of esters is 1. The summed E-state index contributed by atoms with van der Waals surface area (Å²) in [6.45, 7) is 2.79. The lowest BCUT2D eigenvalue weighted by Gasteiger charge is -2.08. The first-order valence-corrected chi connectivity index (χ1v) is 6.57. The third-order valence-corrected chi connectivity index (χ3v) is 3.59. The molecule has 6 heteroatoms. The molecule has 0 heterocycles. The van der Waals surface area contributed by atoms with Crippen LogP contribution in [0.15, 0.2) is 0 Å². The first kappa shape index (κ1) is 13.1. The van der Waals surface area contributed by atoms with Crippen LogP contribution in [0, 0.1) is 0 Å². The summed E-state index contributed by atoms with van der Waals surface area (Å²) in [5, 5.41) is 0. The summed E-state index contributed by atoms with van der Waals surface area (Å²) < 4.78 is 4.75. The first-order chi connectivity index (χ1) is 6.22. The number of nitrogens with two attached hydrogens (primary N) is 2. The zero-order valence-corrected chi connectivity index (χ0v) is 9.33. The molecule has 0 aromatic carbocycles. The van der Waals surface area contributed by atoms with Gasteiger partial charge in [-0.3, -0.25) is 4.79 Å². The second kappa shape index (κ2) is 8.68. The van der Waals surface area contributed by atoms with Crippen molar-refractivity contribution in [1.82, 2.24) is 0 Å². The van der Waals surface area contributed by atoms with E-state index in [1.807, 2.05) is 0 Å². The van der Waals surface area contributed by atoms with Crippen molar-refractivity contribution in [2.24, 2.45) is 11.5 Å². The van der Waals surface area contributed by atoms with Crippen molar-refractivity contribution < 1.29 is 9.53 Å². The maximum Gasteiger partial charge on any atom is 0.323 e. The molecule has 0 aromatic rings. The van der Waals surface area contributed by atoms with Crippen molar-refractivity contribution in [3.05, 3.63) is 0 Å². The highest BCUT2D eigenvalue weighted by Crippen LogP contribution is 2.20. The molecule has 0 aromatic heterocycles. The fourth-order valence-corrected chi connectivity index (χ4v) is 2.51. The molecule has 0 aliphatic rings. The molecule has 1 atom stereocenters. The minimum atomic E-state index is -0.518. The second-order valence-electron chi connectivity index (χ2n) is 2.25. The number of carbonyl (C=O) groups excluding carboxylic acids is 1. The van der Waals surface area contributed by atoms with Crippen LogP contribution in [0.2, 0.25) is 0 Å². The van der Waals surface area contributed by atoms with Gasteiger partial charge in [0.25, 0.3) is 0 Å². The Morgan fingerprint density at radius 3 is 2.77 bits per heavy atom. The van der Waals surface area contributed by atoms with E-state index in [0.717, 1.165) is 5.75 Å². The van der Waals surface area contributed by atoms with Gasteiger partial charge >= 0.3 is 5.97 Å². The molecule has 78 valence electrons. The molecule has 4 N–H and O–H groups in total. The van der Waals surface area contributed by atoms with Gasteiger partial charge in [0.2, 0.25) is 0 Å². The smallest absolute Gasteiger partial charge is 0.323 e. The highest BCUT2D eigenvalue weighted by atomic mass is 33.1. The van der Waals surface area contributed by atoms with Gasteiger partial charge < -0.3 is 16.2 Å². The van der Waals surface area contributed by atoms with E-state index in [9.17, 15) is 4.79 Å². The summed E-state index contributed by atoms with van der Waals surface area (Å²) in [6.07, 6.45) is 0. The third kappa shape index (κ3) is 7.18. The quantitative estimate of drug-likeness (QED) is 0.366. The highest BCUT2D eigenvalue weighted by Gasteiger charge is 2.13. The molecule has 0 bridgehead atoms. The standard InChI is InChI=1S/C7H16N2O2S2/c1-2-11-7(10)6(9)5-13-12-4-3-8/h6H,2-5,8-9H2,1H3. The number of hydrogen-bond acceptors (Lipinski definition) is 6. The number of ether oxygens (including phenoxy) is 1. The van der Waals surface area contributed by atoms with Crippen LogP contribution < -0.4 is 11.5 Å². The van der Waals surface area contributed by atoms with Gasteiger partial charge in [0.05, 0.1) is 6.61 Å². The molecule has 0 radical (unpaired) electrons. The van der Waals surface area contributed by atoms with E-state index in [1.54, 1.807) is 28.5 Å². The summed E-state index contributed by atoms with van der Waals surface area (Å²) in [5.74, 6) is 1.12. The SMILES string of the molecule is CCOC(=O)C(N)CSSCCN. The van der Waals surface area contributed by atoms with Crippen LogP contribution in [0.4, 0.5) is 0 Å². The minimum absolute atomic E-state index is 0.330. The molecule has 0 spiro atoms. The largest absolute Gasteiger partial charge is 0.465 e. The first-order valence-electron chi connectivity index (χ1n) is 4.09. The van der Waals surface area contributed by atoms with E-state index < -0.39 is 6.04 Å². The molecule has 0 saturated carbocycles. The van der Waals surface area contributed by atoms with Gasteiger partial charge in [-0.1, -0.05) is 21.6 Å². The van der Waals surface area contributed by atoms with Crippen LogP contribution in [0.1, 0.15) is 6.92 Å². The molecule has 0 amide bonds. The number of rotatable bonds is 7. The average Bonchev–Trinajstić information content (AvgIpc) is 2.12. The van der Waals surface area contributed by atoms with Gasteiger partial charge in [-0.25, -0.2) is 0 Å². The van der Waals surface area contributed by atoms with E-state index in [1.165, 1.54) is 0 Å². The highest BCUT2D eigenvalue weighted by molar-refractivity contribution is 8.76. The van der Waals surface area contributed by atoms with Gasteiger partial charge in [-0.05, 0) is 6.92 Å². The van der Waals surface area contributed by atoms with Crippen molar-refractivity contribution in [3.8, 4) is 0 Å². The lowest BCUT2D eigenvalue weighted by Crippen LogP contribution is -2.34. The zero-order chi connectivity index (χ0) is 10.1. The Kier molecular flexibility index (Phi) is 8.74. The Morgan fingerprint density at radius 1 is 1.54 bits per heavy atom. The summed E-state index contributed by atoms with van der Waals surface area (Å²) in [5.41, 5.74) is 10.8. The topological polar surface area (TPSA) is 78.3 Å². The van der Waals surface area contributed by atoms with Crippen molar-refractivity contribution in [2.75, 3.05) is 24.7 Å². The lowest BCUT2D eigenvalue weighted by atomic mass is 10.4. The van der Waals surface area contributed by atoms with Crippen LogP contribution in [-0.4, -0.2) is 36.7 Å². The summed E-state index contributed by atoms with van der Waals surface area (Å²) >= 11 is 0. The second-order valence-corrected chi connectivity index (χ2v) is 4.88. The van der Waals surface area contributed by atoms with E-state index >= 15 is 0 Å². The van der Waals surface area contributed by atoms with Gasteiger partial charge in [-0.2, -0.15) is 0 Å². The van der Waals surface area contributed by atoms with Crippen LogP contribution in [0.25, 0.3) is 0 Å². The predicted molar refractivity (Wildman–Crippen MR) is 58.6 cm³/mol. The Bertz CT molecular complexity index is 146. The summed E-state index contributed by atoms with van der Waals surface area (Å²) in [7, 11) is 3.17. The van der Waals surface area contributed by atoms with E-state index in [0.29, 0.717) is 18.9 Å². The third-order valence-electron chi connectivity index (χ3n) is 1.12. The van der Waals surface area contributed by atoms with Crippen LogP contribution in [0.3, 0.4) is 0 Å². The molecule has 0 rings (SSSR count). The maximum absolute atomic E-state index is 11.0. The van der Waals surface area contributed by atoms with Crippen molar-refractivity contribution in [2.45, 2.75) is 13.0 Å². The number of carbonyl (C=O) groups is 1. The Hall–Kier alpha value is 0.0900.